The van der Waals surface area contributed by atoms with Crippen molar-refractivity contribution in [1.82, 2.24) is 15.2 Å². The molecule has 23 heavy (non-hydrogen) atoms. The van der Waals surface area contributed by atoms with Gasteiger partial charge in [0.1, 0.15) is 0 Å². The normalized spacial score (nSPS) is 18.5. The molecule has 1 fully saturated rings. The zero-order valence-electron chi connectivity index (χ0n) is 14.7. The SMILES string of the molecule is CCNC(=NCc1csc(N(C)C)n1)N1CCC(COCC)C1. The molecular formula is C16H29N5OS. The zero-order chi connectivity index (χ0) is 16.7. The highest BCUT2D eigenvalue weighted by molar-refractivity contribution is 7.13. The molecule has 1 atom stereocenters. The molecule has 2 rings (SSSR count). The van der Waals surface area contributed by atoms with Gasteiger partial charge in [-0.05, 0) is 20.3 Å². The average Bonchev–Trinajstić information content (AvgIpc) is 3.18. The summed E-state index contributed by atoms with van der Waals surface area (Å²) in [6.45, 7) is 9.37. The summed E-state index contributed by atoms with van der Waals surface area (Å²) in [6, 6.07) is 0. The molecule has 0 bridgehead atoms. The molecule has 0 aliphatic carbocycles. The van der Waals surface area contributed by atoms with Gasteiger partial charge < -0.3 is 19.9 Å². The van der Waals surface area contributed by atoms with Gasteiger partial charge in [0.15, 0.2) is 11.1 Å². The minimum Gasteiger partial charge on any atom is -0.381 e. The molecule has 6 nitrogen and oxygen atoms in total. The van der Waals surface area contributed by atoms with E-state index in [1.165, 1.54) is 6.42 Å². The lowest BCUT2D eigenvalue weighted by Gasteiger charge is -2.21. The van der Waals surface area contributed by atoms with Crippen molar-refractivity contribution < 1.29 is 4.74 Å². The summed E-state index contributed by atoms with van der Waals surface area (Å²) in [7, 11) is 4.03. The minimum absolute atomic E-state index is 0.610. The number of ether oxygens (including phenoxy) is 1. The largest absolute Gasteiger partial charge is 0.381 e. The Labute approximate surface area is 143 Å². The molecule has 1 aromatic rings. The maximum Gasteiger partial charge on any atom is 0.194 e. The first-order valence-corrected chi connectivity index (χ1v) is 9.24. The van der Waals surface area contributed by atoms with Gasteiger partial charge in [-0.3, -0.25) is 0 Å². The fourth-order valence-electron chi connectivity index (χ4n) is 2.60. The van der Waals surface area contributed by atoms with Crippen LogP contribution in [0.2, 0.25) is 0 Å². The summed E-state index contributed by atoms with van der Waals surface area (Å²) in [5, 5.41) is 6.51. The first-order valence-electron chi connectivity index (χ1n) is 8.36. The highest BCUT2D eigenvalue weighted by atomic mass is 32.1. The Kier molecular flexibility index (Phi) is 7.11. The van der Waals surface area contributed by atoms with Crippen LogP contribution in [0.15, 0.2) is 10.4 Å². The van der Waals surface area contributed by atoms with E-state index in [1.807, 2.05) is 25.9 Å². The monoisotopic (exact) mass is 339 g/mol. The second-order valence-electron chi connectivity index (χ2n) is 5.95. The first-order chi connectivity index (χ1) is 11.1. The summed E-state index contributed by atoms with van der Waals surface area (Å²) in [4.78, 5) is 13.7. The number of hydrogen-bond donors (Lipinski definition) is 1. The van der Waals surface area contributed by atoms with Crippen LogP contribution < -0.4 is 10.2 Å². The highest BCUT2D eigenvalue weighted by Crippen LogP contribution is 2.19. The number of hydrogen-bond acceptors (Lipinski definition) is 5. The molecule has 1 aromatic heterocycles. The molecule has 1 unspecified atom stereocenters. The summed E-state index contributed by atoms with van der Waals surface area (Å²) in [5.74, 6) is 1.60. The second kappa shape index (κ2) is 9.08. The van der Waals surface area contributed by atoms with Gasteiger partial charge in [-0.1, -0.05) is 0 Å². The van der Waals surface area contributed by atoms with Crippen LogP contribution in [0.5, 0.6) is 0 Å². The molecule has 0 saturated carbocycles. The third kappa shape index (κ3) is 5.35. The lowest BCUT2D eigenvalue weighted by molar-refractivity contribution is 0.114. The lowest BCUT2D eigenvalue weighted by Crippen LogP contribution is -2.40. The number of aromatic nitrogens is 1. The minimum atomic E-state index is 0.610. The van der Waals surface area contributed by atoms with Crippen LogP contribution in [0.1, 0.15) is 26.0 Å². The Hall–Kier alpha value is -1.34. The Morgan fingerprint density at radius 1 is 1.52 bits per heavy atom. The molecule has 1 saturated heterocycles. The standard InChI is InChI=1S/C16H29N5OS/c1-5-17-15(21-8-7-13(10-21)11-22-6-2)18-9-14-12-23-16(19-14)20(3)4/h12-13H,5-11H2,1-4H3,(H,17,18). The average molecular weight is 340 g/mol. The topological polar surface area (TPSA) is 53.0 Å². The van der Waals surface area contributed by atoms with Crippen LogP contribution in [0.4, 0.5) is 5.13 Å². The number of nitrogens with one attached hydrogen (secondary N) is 1. The smallest absolute Gasteiger partial charge is 0.194 e. The van der Waals surface area contributed by atoms with Crippen LogP contribution in [0.25, 0.3) is 0 Å². The van der Waals surface area contributed by atoms with E-state index in [-0.39, 0.29) is 0 Å². The molecule has 1 aliphatic heterocycles. The maximum absolute atomic E-state index is 5.56. The third-order valence-corrected chi connectivity index (χ3v) is 4.85. The van der Waals surface area contributed by atoms with E-state index in [0.717, 1.165) is 49.6 Å². The van der Waals surface area contributed by atoms with Crippen LogP contribution in [-0.2, 0) is 11.3 Å². The molecule has 0 spiro atoms. The van der Waals surface area contributed by atoms with Gasteiger partial charge in [0.25, 0.3) is 0 Å². The molecule has 0 radical (unpaired) electrons. The van der Waals surface area contributed by atoms with E-state index in [9.17, 15) is 0 Å². The van der Waals surface area contributed by atoms with Crippen LogP contribution in [-0.4, -0.2) is 62.8 Å². The number of rotatable bonds is 7. The second-order valence-corrected chi connectivity index (χ2v) is 6.78. The van der Waals surface area contributed by atoms with E-state index in [2.05, 4.69) is 27.5 Å². The van der Waals surface area contributed by atoms with Gasteiger partial charge in [-0.15, -0.1) is 11.3 Å². The Morgan fingerprint density at radius 2 is 2.35 bits per heavy atom. The molecule has 130 valence electrons. The van der Waals surface area contributed by atoms with Crippen molar-refractivity contribution in [3.63, 3.8) is 0 Å². The van der Waals surface area contributed by atoms with Crippen molar-refractivity contribution in [2.24, 2.45) is 10.9 Å². The van der Waals surface area contributed by atoms with E-state index in [1.54, 1.807) is 11.3 Å². The number of anilines is 1. The highest BCUT2D eigenvalue weighted by Gasteiger charge is 2.24. The quantitative estimate of drug-likeness (QED) is 0.608. The van der Waals surface area contributed by atoms with Crippen molar-refractivity contribution >= 4 is 22.4 Å². The predicted octanol–water partition coefficient (Wildman–Crippen LogP) is 2.03. The van der Waals surface area contributed by atoms with E-state index >= 15 is 0 Å². The van der Waals surface area contributed by atoms with Gasteiger partial charge in [0, 0.05) is 51.6 Å². The van der Waals surface area contributed by atoms with Crippen LogP contribution in [0.3, 0.4) is 0 Å². The molecule has 2 heterocycles. The molecule has 0 amide bonds. The lowest BCUT2D eigenvalue weighted by atomic mass is 10.1. The first kappa shape index (κ1) is 18.0. The summed E-state index contributed by atoms with van der Waals surface area (Å²) in [5.41, 5.74) is 1.03. The summed E-state index contributed by atoms with van der Waals surface area (Å²) in [6.07, 6.45) is 1.17. The van der Waals surface area contributed by atoms with E-state index < -0.39 is 0 Å². The van der Waals surface area contributed by atoms with Crippen molar-refractivity contribution in [2.75, 3.05) is 51.8 Å². The van der Waals surface area contributed by atoms with Crippen LogP contribution >= 0.6 is 11.3 Å². The molecule has 0 aromatic carbocycles. The Bertz CT molecular complexity index is 502. The third-order valence-electron chi connectivity index (χ3n) is 3.79. The van der Waals surface area contributed by atoms with Gasteiger partial charge in [-0.25, -0.2) is 9.98 Å². The Balaban J connectivity index is 1.94. The predicted molar refractivity (Wildman–Crippen MR) is 97.4 cm³/mol. The number of likely N-dealkylation sites (tertiary alicyclic amines) is 1. The fraction of sp³-hybridized carbons (Fsp3) is 0.750. The molecule has 1 N–H and O–H groups in total. The number of aliphatic imine (C=N–C) groups is 1. The Morgan fingerprint density at radius 3 is 3.00 bits per heavy atom. The van der Waals surface area contributed by atoms with Crippen LogP contribution in [0, 0.1) is 5.92 Å². The number of thiazole rings is 1. The zero-order valence-corrected chi connectivity index (χ0v) is 15.5. The number of guanidine groups is 1. The fourth-order valence-corrected chi connectivity index (χ4v) is 3.35. The number of nitrogens with zero attached hydrogens (tertiary/aromatic N) is 4. The molecular weight excluding hydrogens is 310 g/mol. The molecule has 1 aliphatic rings. The van der Waals surface area contributed by atoms with Gasteiger partial charge in [0.05, 0.1) is 18.8 Å². The van der Waals surface area contributed by atoms with Gasteiger partial charge in [-0.2, -0.15) is 0 Å². The summed E-state index contributed by atoms with van der Waals surface area (Å²) < 4.78 is 5.56. The van der Waals surface area contributed by atoms with Crippen molar-refractivity contribution in [3.05, 3.63) is 11.1 Å². The van der Waals surface area contributed by atoms with Crippen molar-refractivity contribution in [1.29, 1.82) is 0 Å². The van der Waals surface area contributed by atoms with E-state index in [4.69, 9.17) is 9.73 Å². The van der Waals surface area contributed by atoms with Crippen molar-refractivity contribution in [2.45, 2.75) is 26.8 Å². The molecule has 7 heteroatoms. The summed E-state index contributed by atoms with van der Waals surface area (Å²) >= 11 is 1.66. The maximum atomic E-state index is 5.56. The van der Waals surface area contributed by atoms with Gasteiger partial charge >= 0.3 is 0 Å². The van der Waals surface area contributed by atoms with Crippen molar-refractivity contribution in [3.8, 4) is 0 Å². The van der Waals surface area contributed by atoms with E-state index in [0.29, 0.717) is 12.5 Å². The van der Waals surface area contributed by atoms with Gasteiger partial charge in [0.2, 0.25) is 0 Å².